The molecule has 0 bridgehead atoms. The summed E-state index contributed by atoms with van der Waals surface area (Å²) in [5.74, 6) is -1.51. The summed E-state index contributed by atoms with van der Waals surface area (Å²) in [7, 11) is 1.67. The van der Waals surface area contributed by atoms with Crippen molar-refractivity contribution in [2.75, 3.05) is 5.32 Å². The molecule has 0 aliphatic heterocycles. The van der Waals surface area contributed by atoms with E-state index in [2.05, 4.69) is 17.6 Å². The van der Waals surface area contributed by atoms with Crippen LogP contribution in [0.4, 0.5) is 10.1 Å². The second kappa shape index (κ2) is 8.42. The number of carbonyl (C=O) groups excluding carboxylic acids is 3. The van der Waals surface area contributed by atoms with Crippen molar-refractivity contribution in [3.05, 3.63) is 52.1 Å². The summed E-state index contributed by atoms with van der Waals surface area (Å²) in [6.07, 6.45) is 2.78. The van der Waals surface area contributed by atoms with Crippen LogP contribution in [0.1, 0.15) is 63.9 Å². The molecule has 0 unspecified atom stereocenters. The summed E-state index contributed by atoms with van der Waals surface area (Å²) in [4.78, 5) is 38.3. The number of hydrogen-bond acceptors (Lipinski definition) is 3. The SMILES string of the molecule is Cc1cc(NC(=O)c2c(C)c(C(=O)C(=O)N[C@@H]3CC[C@@H](C)C3)n(C)c2C)ccc1F. The predicted octanol–water partition coefficient (Wildman–Crippen LogP) is 3.83. The lowest BCUT2D eigenvalue weighted by molar-refractivity contribution is -0.117. The lowest BCUT2D eigenvalue weighted by Crippen LogP contribution is -2.38. The van der Waals surface area contributed by atoms with Crippen LogP contribution in [0.25, 0.3) is 0 Å². The van der Waals surface area contributed by atoms with Crippen molar-refractivity contribution in [3.8, 4) is 0 Å². The first kappa shape index (κ1) is 21.7. The molecule has 1 heterocycles. The number of benzene rings is 1. The minimum Gasteiger partial charge on any atom is -0.346 e. The summed E-state index contributed by atoms with van der Waals surface area (Å²) < 4.78 is 15.1. The zero-order valence-corrected chi connectivity index (χ0v) is 18.1. The van der Waals surface area contributed by atoms with E-state index in [0.717, 1.165) is 19.3 Å². The van der Waals surface area contributed by atoms with Gasteiger partial charge in [-0.25, -0.2) is 4.39 Å². The molecule has 6 nitrogen and oxygen atoms in total. The number of ketones is 1. The fourth-order valence-electron chi connectivity index (χ4n) is 4.25. The highest BCUT2D eigenvalue weighted by molar-refractivity contribution is 6.43. The second-order valence-electron chi connectivity index (χ2n) is 8.33. The Balaban J connectivity index is 1.83. The third kappa shape index (κ3) is 4.15. The third-order valence-electron chi connectivity index (χ3n) is 6.02. The molecule has 1 aliphatic rings. The lowest BCUT2D eigenvalue weighted by atomic mass is 10.1. The molecular formula is C23H28FN3O3. The monoisotopic (exact) mass is 413 g/mol. The van der Waals surface area contributed by atoms with E-state index in [-0.39, 0.29) is 17.6 Å². The molecular weight excluding hydrogens is 385 g/mol. The number of hydrogen-bond donors (Lipinski definition) is 2. The minimum atomic E-state index is -0.644. The van der Waals surface area contributed by atoms with Gasteiger partial charge in [0.1, 0.15) is 5.82 Å². The molecule has 1 aliphatic carbocycles. The van der Waals surface area contributed by atoms with Crippen molar-refractivity contribution >= 4 is 23.3 Å². The summed E-state index contributed by atoms with van der Waals surface area (Å²) in [5.41, 5.74) is 2.45. The van der Waals surface area contributed by atoms with E-state index in [1.807, 2.05) is 0 Å². The van der Waals surface area contributed by atoms with Crippen molar-refractivity contribution in [2.45, 2.75) is 53.0 Å². The smallest absolute Gasteiger partial charge is 0.294 e. The van der Waals surface area contributed by atoms with Gasteiger partial charge in [0.25, 0.3) is 17.6 Å². The molecule has 3 rings (SSSR count). The van der Waals surface area contributed by atoms with Gasteiger partial charge in [-0.1, -0.05) is 6.92 Å². The standard InChI is InChI=1S/C23H28FN3O3/c1-12-6-7-16(10-12)26-23(30)21(28)20-14(3)19(15(4)27(20)5)22(29)25-17-8-9-18(24)13(2)11-17/h8-9,11-12,16H,6-7,10H2,1-5H3,(H,25,29)(H,26,30)/t12-,16-/m1/s1. The average Bonchev–Trinajstić information content (AvgIpc) is 3.18. The van der Waals surface area contributed by atoms with Crippen LogP contribution < -0.4 is 10.6 Å². The van der Waals surface area contributed by atoms with Crippen LogP contribution in [0.3, 0.4) is 0 Å². The van der Waals surface area contributed by atoms with Crippen molar-refractivity contribution in [1.82, 2.24) is 9.88 Å². The Labute approximate surface area is 175 Å². The first-order valence-corrected chi connectivity index (χ1v) is 10.2. The maximum Gasteiger partial charge on any atom is 0.294 e. The lowest BCUT2D eigenvalue weighted by Gasteiger charge is -2.12. The molecule has 160 valence electrons. The van der Waals surface area contributed by atoms with E-state index in [1.165, 1.54) is 12.1 Å². The Morgan fingerprint density at radius 3 is 2.43 bits per heavy atom. The van der Waals surface area contributed by atoms with E-state index in [4.69, 9.17) is 0 Å². The van der Waals surface area contributed by atoms with E-state index in [1.54, 1.807) is 38.5 Å². The highest BCUT2D eigenvalue weighted by Gasteiger charge is 2.31. The summed E-state index contributed by atoms with van der Waals surface area (Å²) in [6, 6.07) is 4.33. The zero-order valence-electron chi connectivity index (χ0n) is 18.1. The van der Waals surface area contributed by atoms with Gasteiger partial charge in [0.05, 0.1) is 11.3 Å². The van der Waals surface area contributed by atoms with Gasteiger partial charge in [-0.2, -0.15) is 0 Å². The van der Waals surface area contributed by atoms with E-state index >= 15 is 0 Å². The minimum absolute atomic E-state index is 0.0163. The van der Waals surface area contributed by atoms with Crippen molar-refractivity contribution in [3.63, 3.8) is 0 Å². The average molecular weight is 413 g/mol. The number of carbonyl (C=O) groups is 3. The number of rotatable bonds is 5. The second-order valence-corrected chi connectivity index (χ2v) is 8.33. The predicted molar refractivity (Wildman–Crippen MR) is 113 cm³/mol. The molecule has 1 aromatic carbocycles. The zero-order chi connectivity index (χ0) is 22.2. The Bertz CT molecular complexity index is 1030. The maximum atomic E-state index is 13.5. The van der Waals surface area contributed by atoms with Gasteiger partial charge < -0.3 is 15.2 Å². The molecule has 0 spiro atoms. The van der Waals surface area contributed by atoms with Gasteiger partial charge in [0, 0.05) is 24.5 Å². The van der Waals surface area contributed by atoms with Crippen LogP contribution in [0, 0.1) is 32.5 Å². The molecule has 30 heavy (non-hydrogen) atoms. The molecule has 0 saturated heterocycles. The van der Waals surface area contributed by atoms with Crippen molar-refractivity contribution < 1.29 is 18.8 Å². The first-order chi connectivity index (χ1) is 14.1. The number of Topliss-reactive ketones (excluding diaryl/α,β-unsaturated/α-hetero) is 1. The van der Waals surface area contributed by atoms with Crippen molar-refractivity contribution in [2.24, 2.45) is 13.0 Å². The molecule has 2 amide bonds. The Hall–Kier alpha value is -2.96. The maximum absolute atomic E-state index is 13.5. The largest absolute Gasteiger partial charge is 0.346 e. The highest BCUT2D eigenvalue weighted by Crippen LogP contribution is 2.26. The highest BCUT2D eigenvalue weighted by atomic mass is 19.1. The van der Waals surface area contributed by atoms with E-state index in [9.17, 15) is 18.8 Å². The van der Waals surface area contributed by atoms with Gasteiger partial charge >= 0.3 is 0 Å². The van der Waals surface area contributed by atoms with E-state index in [0.29, 0.717) is 34.0 Å². The van der Waals surface area contributed by atoms with Crippen LogP contribution in [-0.4, -0.2) is 28.2 Å². The van der Waals surface area contributed by atoms with Crippen LogP contribution >= 0.6 is 0 Å². The molecule has 2 N–H and O–H groups in total. The van der Waals surface area contributed by atoms with Crippen LogP contribution in [0.2, 0.25) is 0 Å². The topological polar surface area (TPSA) is 80.2 Å². The van der Waals surface area contributed by atoms with Crippen LogP contribution in [0.15, 0.2) is 18.2 Å². The fraction of sp³-hybridized carbons (Fsp3) is 0.435. The van der Waals surface area contributed by atoms with Crippen LogP contribution in [-0.2, 0) is 11.8 Å². The number of nitrogens with zero attached hydrogens (tertiary/aromatic N) is 1. The van der Waals surface area contributed by atoms with Gasteiger partial charge in [-0.05, 0) is 75.3 Å². The fourth-order valence-corrected chi connectivity index (χ4v) is 4.25. The number of amides is 2. The van der Waals surface area contributed by atoms with Gasteiger partial charge in [0.15, 0.2) is 0 Å². The van der Waals surface area contributed by atoms with Gasteiger partial charge in [0.2, 0.25) is 0 Å². The quantitative estimate of drug-likeness (QED) is 0.578. The number of nitrogens with one attached hydrogen (secondary N) is 2. The van der Waals surface area contributed by atoms with Gasteiger partial charge in [-0.3, -0.25) is 14.4 Å². The molecule has 0 radical (unpaired) electrons. The number of aromatic nitrogens is 1. The number of halogens is 1. The molecule has 1 saturated carbocycles. The molecule has 1 fully saturated rings. The number of anilines is 1. The Morgan fingerprint density at radius 2 is 1.83 bits per heavy atom. The summed E-state index contributed by atoms with van der Waals surface area (Å²) in [5, 5.41) is 5.58. The Morgan fingerprint density at radius 1 is 1.13 bits per heavy atom. The van der Waals surface area contributed by atoms with Gasteiger partial charge in [-0.15, -0.1) is 0 Å². The molecule has 2 atom stereocenters. The third-order valence-corrected chi connectivity index (χ3v) is 6.02. The first-order valence-electron chi connectivity index (χ1n) is 10.2. The molecule has 2 aromatic rings. The Kier molecular flexibility index (Phi) is 6.10. The van der Waals surface area contributed by atoms with Crippen LogP contribution in [0.5, 0.6) is 0 Å². The summed E-state index contributed by atoms with van der Waals surface area (Å²) in [6.45, 7) is 7.14. The number of aryl methyl sites for hydroxylation is 1. The normalized spacial score (nSPS) is 18.3. The molecule has 7 heteroatoms. The summed E-state index contributed by atoms with van der Waals surface area (Å²) >= 11 is 0. The molecule has 1 aromatic heterocycles. The van der Waals surface area contributed by atoms with Crippen molar-refractivity contribution in [1.29, 1.82) is 0 Å². The van der Waals surface area contributed by atoms with E-state index < -0.39 is 17.6 Å².